The molecule has 0 heterocycles. The molecule has 140 valence electrons. The van der Waals surface area contributed by atoms with Gasteiger partial charge in [0.15, 0.2) is 0 Å². The summed E-state index contributed by atoms with van der Waals surface area (Å²) in [4.78, 5) is 35.5. The number of hydrogen-bond acceptors (Lipinski definition) is 3. The van der Waals surface area contributed by atoms with Gasteiger partial charge in [0.2, 0.25) is 11.8 Å². The van der Waals surface area contributed by atoms with Crippen LogP contribution in [0, 0.1) is 17.8 Å². The van der Waals surface area contributed by atoms with E-state index in [-0.39, 0.29) is 23.8 Å². The normalized spacial score (nSPS) is 24.8. The number of rotatable bonds is 5. The van der Waals surface area contributed by atoms with E-state index in [9.17, 15) is 14.4 Å². The van der Waals surface area contributed by atoms with Crippen molar-refractivity contribution in [3.63, 3.8) is 0 Å². The number of amides is 3. The zero-order chi connectivity index (χ0) is 18.8. The summed E-state index contributed by atoms with van der Waals surface area (Å²) in [6.45, 7) is 4.89. The van der Waals surface area contributed by atoms with Crippen LogP contribution in [0.15, 0.2) is 18.2 Å². The van der Waals surface area contributed by atoms with Crippen LogP contribution >= 0.6 is 0 Å². The number of carbonyl (C=O) groups excluding carboxylic acids is 3. The van der Waals surface area contributed by atoms with E-state index in [1.807, 2.05) is 0 Å². The first-order valence-corrected chi connectivity index (χ1v) is 9.33. The van der Waals surface area contributed by atoms with Crippen LogP contribution < -0.4 is 16.0 Å². The average molecular weight is 357 g/mol. The first kappa shape index (κ1) is 18.4. The van der Waals surface area contributed by atoms with E-state index >= 15 is 0 Å². The van der Waals surface area contributed by atoms with Gasteiger partial charge in [-0.3, -0.25) is 14.4 Å². The topological polar surface area (TPSA) is 87.3 Å². The van der Waals surface area contributed by atoms with E-state index in [0.717, 1.165) is 11.8 Å². The largest absolute Gasteiger partial charge is 0.349 e. The van der Waals surface area contributed by atoms with Gasteiger partial charge in [-0.25, -0.2) is 0 Å². The predicted octanol–water partition coefficient (Wildman–Crippen LogP) is 3.16. The highest BCUT2D eigenvalue weighted by Crippen LogP contribution is 2.49. The quantitative estimate of drug-likeness (QED) is 0.756. The Balaban J connectivity index is 1.74. The molecule has 3 N–H and O–H groups in total. The summed E-state index contributed by atoms with van der Waals surface area (Å²) >= 11 is 0. The van der Waals surface area contributed by atoms with E-state index in [1.54, 1.807) is 18.2 Å². The van der Waals surface area contributed by atoms with Gasteiger partial charge in [0.05, 0.1) is 0 Å². The Morgan fingerprint density at radius 3 is 2.04 bits per heavy atom. The van der Waals surface area contributed by atoms with Gasteiger partial charge < -0.3 is 16.0 Å². The summed E-state index contributed by atoms with van der Waals surface area (Å²) in [7, 11) is 0. The Bertz CT molecular complexity index is 697. The second-order valence-electron chi connectivity index (χ2n) is 7.76. The molecule has 2 aliphatic rings. The molecule has 26 heavy (non-hydrogen) atoms. The molecule has 1 aromatic rings. The number of fused-ring (bicyclic) bond motifs is 2. The van der Waals surface area contributed by atoms with Crippen molar-refractivity contribution in [1.82, 2.24) is 5.32 Å². The number of carbonyl (C=O) groups is 3. The van der Waals surface area contributed by atoms with Crippen LogP contribution in [0.5, 0.6) is 0 Å². The molecule has 2 aliphatic carbocycles. The molecule has 6 heteroatoms. The fraction of sp³-hybridized carbons (Fsp3) is 0.550. The van der Waals surface area contributed by atoms with Gasteiger partial charge in [-0.1, -0.05) is 6.42 Å². The Labute approximate surface area is 154 Å². The Kier molecular flexibility index (Phi) is 5.30. The Hall–Kier alpha value is -2.37. The molecule has 0 saturated heterocycles. The zero-order valence-corrected chi connectivity index (χ0v) is 15.6. The molecule has 0 spiro atoms. The molecule has 6 nitrogen and oxygen atoms in total. The summed E-state index contributed by atoms with van der Waals surface area (Å²) in [6, 6.07) is 5.02. The van der Waals surface area contributed by atoms with Gasteiger partial charge >= 0.3 is 0 Å². The summed E-state index contributed by atoms with van der Waals surface area (Å²) in [5, 5.41) is 8.47. The van der Waals surface area contributed by atoms with Crippen molar-refractivity contribution in [2.75, 3.05) is 10.6 Å². The highest BCUT2D eigenvalue weighted by Gasteiger charge is 2.42. The molecule has 3 rings (SSSR count). The minimum Gasteiger partial charge on any atom is -0.349 e. The van der Waals surface area contributed by atoms with Crippen molar-refractivity contribution >= 4 is 29.1 Å². The van der Waals surface area contributed by atoms with Crippen LogP contribution in [0.1, 0.15) is 56.8 Å². The number of hydrogen-bond donors (Lipinski definition) is 3. The fourth-order valence-corrected chi connectivity index (χ4v) is 4.61. The fourth-order valence-electron chi connectivity index (χ4n) is 4.61. The lowest BCUT2D eigenvalue weighted by molar-refractivity contribution is -0.115. The first-order valence-electron chi connectivity index (χ1n) is 9.33. The van der Waals surface area contributed by atoms with Crippen molar-refractivity contribution < 1.29 is 14.4 Å². The molecule has 3 amide bonds. The molecular formula is C20H27N3O3. The van der Waals surface area contributed by atoms with Gasteiger partial charge in [-0.15, -0.1) is 0 Å². The average Bonchev–Trinajstić information content (AvgIpc) is 3.16. The molecule has 0 radical (unpaired) electrons. The number of nitrogens with one attached hydrogen (secondary N) is 3. The minimum absolute atomic E-state index is 0.117. The lowest BCUT2D eigenvalue weighted by Gasteiger charge is -2.28. The second kappa shape index (κ2) is 7.48. The summed E-state index contributed by atoms with van der Waals surface area (Å²) < 4.78 is 0. The van der Waals surface area contributed by atoms with E-state index in [0.29, 0.717) is 22.9 Å². The van der Waals surface area contributed by atoms with Crippen LogP contribution in [0.3, 0.4) is 0 Å². The molecule has 2 bridgehead atoms. The monoisotopic (exact) mass is 357 g/mol. The van der Waals surface area contributed by atoms with Crippen molar-refractivity contribution in [3.8, 4) is 0 Å². The van der Waals surface area contributed by atoms with Gasteiger partial charge in [0, 0.05) is 36.8 Å². The third-order valence-electron chi connectivity index (χ3n) is 5.63. The van der Waals surface area contributed by atoms with Gasteiger partial charge in [-0.2, -0.15) is 0 Å². The zero-order valence-electron chi connectivity index (χ0n) is 15.6. The molecule has 4 atom stereocenters. The third kappa shape index (κ3) is 4.23. The lowest BCUT2D eigenvalue weighted by atomic mass is 9.84. The lowest BCUT2D eigenvalue weighted by Crippen LogP contribution is -2.40. The van der Waals surface area contributed by atoms with E-state index in [4.69, 9.17) is 0 Å². The van der Waals surface area contributed by atoms with Gasteiger partial charge in [0.25, 0.3) is 5.91 Å². The van der Waals surface area contributed by atoms with Crippen molar-refractivity contribution in [2.45, 2.75) is 52.5 Å². The highest BCUT2D eigenvalue weighted by atomic mass is 16.2. The SMILES string of the molecule is CC(=O)Nc1cc(NC(C)=O)cc(C(=O)N[C@H](C)[C@H]2C[C@H]3CC[C@H]2C3)c1. The molecule has 0 aliphatic heterocycles. The van der Waals surface area contributed by atoms with E-state index in [1.165, 1.54) is 39.5 Å². The highest BCUT2D eigenvalue weighted by molar-refractivity contribution is 6.00. The first-order chi connectivity index (χ1) is 12.3. The maximum Gasteiger partial charge on any atom is 0.251 e. The third-order valence-corrected chi connectivity index (χ3v) is 5.63. The van der Waals surface area contributed by atoms with Crippen molar-refractivity contribution in [1.29, 1.82) is 0 Å². The second-order valence-corrected chi connectivity index (χ2v) is 7.76. The van der Waals surface area contributed by atoms with Crippen LogP contribution in [-0.2, 0) is 9.59 Å². The van der Waals surface area contributed by atoms with Crippen molar-refractivity contribution in [3.05, 3.63) is 23.8 Å². The van der Waals surface area contributed by atoms with Gasteiger partial charge in [0.1, 0.15) is 0 Å². The van der Waals surface area contributed by atoms with Crippen LogP contribution in [0.4, 0.5) is 11.4 Å². The van der Waals surface area contributed by atoms with Crippen LogP contribution in [0.2, 0.25) is 0 Å². The summed E-state index contributed by atoms with van der Waals surface area (Å²) in [6.07, 6.45) is 5.12. The molecule has 0 aromatic heterocycles. The van der Waals surface area contributed by atoms with Gasteiger partial charge in [-0.05, 0) is 62.1 Å². The number of anilines is 2. The molecule has 2 saturated carbocycles. The van der Waals surface area contributed by atoms with E-state index < -0.39 is 0 Å². The molecule has 1 aromatic carbocycles. The standard InChI is InChI=1S/C20H27N3O3/c1-11(19-7-14-4-5-15(19)6-14)21-20(26)16-8-17(22-12(2)24)10-18(9-16)23-13(3)25/h8-11,14-15,19H,4-7H2,1-3H3,(H,21,26)(H,22,24)(H,23,25)/t11-,14+,15+,19-/m1/s1. The smallest absolute Gasteiger partial charge is 0.251 e. The van der Waals surface area contributed by atoms with Crippen LogP contribution in [-0.4, -0.2) is 23.8 Å². The number of benzene rings is 1. The molecule has 0 unspecified atom stereocenters. The van der Waals surface area contributed by atoms with Crippen molar-refractivity contribution in [2.24, 2.45) is 17.8 Å². The minimum atomic E-state index is -0.230. The van der Waals surface area contributed by atoms with Crippen LogP contribution in [0.25, 0.3) is 0 Å². The molecule has 2 fully saturated rings. The maximum atomic E-state index is 12.8. The summed E-state index contributed by atoms with van der Waals surface area (Å²) in [5.41, 5.74) is 1.40. The Morgan fingerprint density at radius 1 is 0.962 bits per heavy atom. The summed E-state index contributed by atoms with van der Waals surface area (Å²) in [5.74, 6) is 1.47. The Morgan fingerprint density at radius 2 is 1.58 bits per heavy atom. The van der Waals surface area contributed by atoms with E-state index in [2.05, 4.69) is 22.9 Å². The predicted molar refractivity (Wildman–Crippen MR) is 101 cm³/mol. The maximum absolute atomic E-state index is 12.8. The molecular weight excluding hydrogens is 330 g/mol.